The van der Waals surface area contributed by atoms with Crippen molar-refractivity contribution in [1.82, 2.24) is 5.32 Å². The predicted octanol–water partition coefficient (Wildman–Crippen LogP) is 2.32. The second kappa shape index (κ2) is 5.13. The van der Waals surface area contributed by atoms with Crippen LogP contribution >= 0.6 is 0 Å². The van der Waals surface area contributed by atoms with Gasteiger partial charge in [0.25, 0.3) is 0 Å². The Labute approximate surface area is 88.1 Å². The molecule has 1 aliphatic rings. The summed E-state index contributed by atoms with van der Waals surface area (Å²) < 4.78 is 0. The van der Waals surface area contributed by atoms with Crippen molar-refractivity contribution in [3.8, 4) is 0 Å². The summed E-state index contributed by atoms with van der Waals surface area (Å²) in [4.78, 5) is 0. The molecule has 84 valence electrons. The van der Waals surface area contributed by atoms with Crippen LogP contribution in [0, 0.1) is 5.92 Å². The standard InChI is InChI=1S/C12H25NO/c1-4-8-12(3,9-14)13-11(5-2)10-6-7-10/h10-11,13-14H,4-9H2,1-3H3. The maximum absolute atomic E-state index is 9.40. The fourth-order valence-electron chi connectivity index (χ4n) is 2.25. The molecule has 0 spiro atoms. The fourth-order valence-corrected chi connectivity index (χ4v) is 2.25. The van der Waals surface area contributed by atoms with Crippen LogP contribution in [0.15, 0.2) is 0 Å². The first-order valence-electron chi connectivity index (χ1n) is 6.03. The molecule has 0 aliphatic heterocycles. The van der Waals surface area contributed by atoms with Gasteiger partial charge in [-0.05, 0) is 38.5 Å². The molecule has 0 aromatic carbocycles. The molecule has 0 saturated heterocycles. The van der Waals surface area contributed by atoms with Crippen molar-refractivity contribution in [2.45, 2.75) is 64.5 Å². The third-order valence-corrected chi connectivity index (χ3v) is 3.32. The average molecular weight is 199 g/mol. The van der Waals surface area contributed by atoms with Crippen molar-refractivity contribution in [1.29, 1.82) is 0 Å². The zero-order chi connectivity index (χ0) is 10.6. The van der Waals surface area contributed by atoms with Gasteiger partial charge in [0.2, 0.25) is 0 Å². The van der Waals surface area contributed by atoms with Gasteiger partial charge in [0.15, 0.2) is 0 Å². The lowest BCUT2D eigenvalue weighted by Gasteiger charge is -2.33. The number of aliphatic hydroxyl groups excluding tert-OH is 1. The molecule has 2 N–H and O–H groups in total. The highest BCUT2D eigenvalue weighted by atomic mass is 16.3. The second-order valence-corrected chi connectivity index (χ2v) is 4.97. The van der Waals surface area contributed by atoms with Gasteiger partial charge in [-0.3, -0.25) is 0 Å². The highest BCUT2D eigenvalue weighted by molar-refractivity contribution is 4.92. The minimum Gasteiger partial charge on any atom is -0.394 e. The maximum atomic E-state index is 9.40. The van der Waals surface area contributed by atoms with E-state index in [1.54, 1.807) is 0 Å². The van der Waals surface area contributed by atoms with Crippen LogP contribution in [0.1, 0.15) is 52.9 Å². The Morgan fingerprint density at radius 2 is 2.07 bits per heavy atom. The van der Waals surface area contributed by atoms with E-state index in [0.29, 0.717) is 6.04 Å². The molecule has 1 rings (SSSR count). The molecule has 14 heavy (non-hydrogen) atoms. The van der Waals surface area contributed by atoms with Gasteiger partial charge in [0, 0.05) is 11.6 Å². The van der Waals surface area contributed by atoms with Crippen LogP contribution in [0.5, 0.6) is 0 Å². The molecule has 2 nitrogen and oxygen atoms in total. The summed E-state index contributed by atoms with van der Waals surface area (Å²) in [5.41, 5.74) is -0.0575. The quantitative estimate of drug-likeness (QED) is 0.659. The van der Waals surface area contributed by atoms with E-state index in [1.807, 2.05) is 0 Å². The van der Waals surface area contributed by atoms with E-state index in [9.17, 15) is 5.11 Å². The molecule has 0 aromatic heterocycles. The molecule has 1 fully saturated rings. The second-order valence-electron chi connectivity index (χ2n) is 4.97. The lowest BCUT2D eigenvalue weighted by atomic mass is 9.94. The van der Waals surface area contributed by atoms with Crippen molar-refractivity contribution < 1.29 is 5.11 Å². The number of hydrogen-bond acceptors (Lipinski definition) is 2. The first-order chi connectivity index (χ1) is 6.65. The molecule has 1 saturated carbocycles. The molecule has 0 amide bonds. The highest BCUT2D eigenvalue weighted by Gasteiger charge is 2.34. The Morgan fingerprint density at radius 3 is 2.43 bits per heavy atom. The minimum atomic E-state index is -0.0575. The average Bonchev–Trinajstić information content (AvgIpc) is 2.98. The molecular formula is C12H25NO. The minimum absolute atomic E-state index is 0.0575. The molecule has 0 heterocycles. The molecule has 2 heteroatoms. The zero-order valence-electron chi connectivity index (χ0n) is 9.84. The number of hydrogen-bond donors (Lipinski definition) is 2. The maximum Gasteiger partial charge on any atom is 0.0610 e. The van der Waals surface area contributed by atoms with Gasteiger partial charge in [-0.15, -0.1) is 0 Å². The van der Waals surface area contributed by atoms with Crippen LogP contribution in [-0.2, 0) is 0 Å². The molecule has 0 aromatic rings. The number of nitrogens with one attached hydrogen (secondary N) is 1. The Bertz CT molecular complexity index is 168. The SMILES string of the molecule is CCCC(C)(CO)NC(CC)C1CC1. The van der Waals surface area contributed by atoms with Gasteiger partial charge in [-0.2, -0.15) is 0 Å². The van der Waals surface area contributed by atoms with Gasteiger partial charge in [0.05, 0.1) is 6.61 Å². The van der Waals surface area contributed by atoms with Gasteiger partial charge in [0.1, 0.15) is 0 Å². The van der Waals surface area contributed by atoms with Crippen molar-refractivity contribution in [2.75, 3.05) is 6.61 Å². The summed E-state index contributed by atoms with van der Waals surface area (Å²) in [6, 6.07) is 0.624. The van der Waals surface area contributed by atoms with E-state index in [1.165, 1.54) is 19.3 Å². The monoisotopic (exact) mass is 199 g/mol. The van der Waals surface area contributed by atoms with Crippen molar-refractivity contribution in [3.63, 3.8) is 0 Å². The lowest BCUT2D eigenvalue weighted by molar-refractivity contribution is 0.145. The largest absolute Gasteiger partial charge is 0.394 e. The highest BCUT2D eigenvalue weighted by Crippen LogP contribution is 2.35. The lowest BCUT2D eigenvalue weighted by Crippen LogP contribution is -2.51. The third-order valence-electron chi connectivity index (χ3n) is 3.32. The van der Waals surface area contributed by atoms with Crippen LogP contribution < -0.4 is 5.32 Å². The summed E-state index contributed by atoms with van der Waals surface area (Å²) >= 11 is 0. The topological polar surface area (TPSA) is 32.3 Å². The predicted molar refractivity (Wildman–Crippen MR) is 60.3 cm³/mol. The normalized spacial score (nSPS) is 23.1. The van der Waals surface area contributed by atoms with Crippen LogP contribution in [0.2, 0.25) is 0 Å². The fraction of sp³-hybridized carbons (Fsp3) is 1.00. The molecule has 2 unspecified atom stereocenters. The van der Waals surface area contributed by atoms with E-state index >= 15 is 0 Å². The van der Waals surface area contributed by atoms with Crippen molar-refractivity contribution in [2.24, 2.45) is 5.92 Å². The first kappa shape index (κ1) is 12.0. The van der Waals surface area contributed by atoms with Crippen LogP contribution in [0.3, 0.4) is 0 Å². The van der Waals surface area contributed by atoms with Crippen molar-refractivity contribution in [3.05, 3.63) is 0 Å². The van der Waals surface area contributed by atoms with Gasteiger partial charge >= 0.3 is 0 Å². The number of rotatable bonds is 7. The van der Waals surface area contributed by atoms with Gasteiger partial charge in [-0.25, -0.2) is 0 Å². The summed E-state index contributed by atoms with van der Waals surface area (Å²) in [6.45, 7) is 6.80. The van der Waals surface area contributed by atoms with E-state index in [0.717, 1.165) is 18.8 Å². The summed E-state index contributed by atoms with van der Waals surface area (Å²) in [6.07, 6.45) is 6.13. The summed E-state index contributed by atoms with van der Waals surface area (Å²) in [5.74, 6) is 0.878. The molecule has 0 bridgehead atoms. The molecule has 2 atom stereocenters. The Balaban J connectivity index is 2.43. The Hall–Kier alpha value is -0.0800. The Morgan fingerprint density at radius 1 is 1.43 bits per heavy atom. The number of aliphatic hydroxyl groups is 1. The molecule has 1 aliphatic carbocycles. The van der Waals surface area contributed by atoms with Gasteiger partial charge in [-0.1, -0.05) is 20.3 Å². The van der Waals surface area contributed by atoms with Crippen LogP contribution in [-0.4, -0.2) is 23.3 Å². The van der Waals surface area contributed by atoms with E-state index < -0.39 is 0 Å². The summed E-state index contributed by atoms with van der Waals surface area (Å²) in [5, 5.41) is 13.0. The smallest absolute Gasteiger partial charge is 0.0610 e. The van der Waals surface area contributed by atoms with Gasteiger partial charge < -0.3 is 10.4 Å². The van der Waals surface area contributed by atoms with E-state index in [4.69, 9.17) is 0 Å². The van der Waals surface area contributed by atoms with E-state index in [-0.39, 0.29) is 12.1 Å². The Kier molecular flexibility index (Phi) is 4.39. The van der Waals surface area contributed by atoms with Crippen LogP contribution in [0.4, 0.5) is 0 Å². The van der Waals surface area contributed by atoms with Crippen molar-refractivity contribution >= 4 is 0 Å². The molecule has 0 radical (unpaired) electrons. The van der Waals surface area contributed by atoms with Crippen LogP contribution in [0.25, 0.3) is 0 Å². The third kappa shape index (κ3) is 3.25. The summed E-state index contributed by atoms with van der Waals surface area (Å²) in [7, 11) is 0. The van der Waals surface area contributed by atoms with E-state index in [2.05, 4.69) is 26.1 Å². The molecular weight excluding hydrogens is 174 g/mol. The first-order valence-corrected chi connectivity index (χ1v) is 6.03. The zero-order valence-corrected chi connectivity index (χ0v) is 9.84.